The van der Waals surface area contributed by atoms with Crippen LogP contribution in [-0.4, -0.2) is 25.1 Å². The molecule has 0 fully saturated rings. The molecule has 0 aliphatic carbocycles. The number of hydrogen-bond acceptors (Lipinski definition) is 4. The average Bonchev–Trinajstić information content (AvgIpc) is 2.62. The SMILES string of the molecule is CCOC(=O)c1ccc(C)c(NC(=O)CCCOc2ccc(Cl)cc2)c1. The van der Waals surface area contributed by atoms with Crippen molar-refractivity contribution >= 4 is 29.2 Å². The van der Waals surface area contributed by atoms with Crippen molar-refractivity contribution in [3.05, 3.63) is 58.6 Å². The third-order valence-electron chi connectivity index (χ3n) is 3.65. The van der Waals surface area contributed by atoms with Crippen LogP contribution in [0.4, 0.5) is 5.69 Å². The molecule has 2 aromatic carbocycles. The van der Waals surface area contributed by atoms with E-state index in [1.54, 1.807) is 49.4 Å². The van der Waals surface area contributed by atoms with Gasteiger partial charge in [-0.05, 0) is 62.2 Å². The number of carbonyl (C=O) groups excluding carboxylic acids is 2. The van der Waals surface area contributed by atoms with Crippen molar-refractivity contribution in [3.8, 4) is 5.75 Å². The molecule has 0 saturated carbocycles. The number of carbonyl (C=O) groups is 2. The van der Waals surface area contributed by atoms with Gasteiger partial charge in [-0.25, -0.2) is 4.79 Å². The summed E-state index contributed by atoms with van der Waals surface area (Å²) in [5.74, 6) is 0.181. The molecule has 6 heteroatoms. The van der Waals surface area contributed by atoms with Crippen molar-refractivity contribution in [1.29, 1.82) is 0 Å². The molecule has 26 heavy (non-hydrogen) atoms. The van der Waals surface area contributed by atoms with Crippen LogP contribution >= 0.6 is 11.6 Å². The van der Waals surface area contributed by atoms with Gasteiger partial charge in [0.15, 0.2) is 0 Å². The Morgan fingerprint density at radius 3 is 2.54 bits per heavy atom. The van der Waals surface area contributed by atoms with Crippen LogP contribution in [0.15, 0.2) is 42.5 Å². The third-order valence-corrected chi connectivity index (χ3v) is 3.91. The predicted molar refractivity (Wildman–Crippen MR) is 102 cm³/mol. The summed E-state index contributed by atoms with van der Waals surface area (Å²) in [6.07, 6.45) is 0.891. The van der Waals surface area contributed by atoms with Gasteiger partial charge in [0, 0.05) is 17.1 Å². The van der Waals surface area contributed by atoms with E-state index in [4.69, 9.17) is 21.1 Å². The van der Waals surface area contributed by atoms with E-state index in [0.29, 0.717) is 48.1 Å². The van der Waals surface area contributed by atoms with Crippen LogP contribution in [0.3, 0.4) is 0 Å². The molecule has 0 aliphatic heterocycles. The molecule has 0 spiro atoms. The monoisotopic (exact) mass is 375 g/mol. The van der Waals surface area contributed by atoms with E-state index in [1.165, 1.54) is 0 Å². The third kappa shape index (κ3) is 6.08. The second-order valence-electron chi connectivity index (χ2n) is 5.70. The summed E-state index contributed by atoms with van der Waals surface area (Å²) in [5, 5.41) is 3.48. The number of ether oxygens (including phenoxy) is 2. The zero-order valence-electron chi connectivity index (χ0n) is 14.9. The van der Waals surface area contributed by atoms with E-state index in [1.807, 2.05) is 6.92 Å². The van der Waals surface area contributed by atoms with Crippen molar-refractivity contribution < 1.29 is 19.1 Å². The molecule has 2 rings (SSSR count). The summed E-state index contributed by atoms with van der Waals surface area (Å²) in [4.78, 5) is 23.9. The summed E-state index contributed by atoms with van der Waals surface area (Å²) in [6, 6.07) is 12.2. The Morgan fingerprint density at radius 2 is 1.85 bits per heavy atom. The number of nitrogens with one attached hydrogen (secondary N) is 1. The molecule has 0 saturated heterocycles. The molecule has 0 unspecified atom stereocenters. The number of rotatable bonds is 8. The maximum absolute atomic E-state index is 12.1. The quantitative estimate of drug-likeness (QED) is 0.540. The molecule has 5 nitrogen and oxygen atoms in total. The predicted octanol–water partition coefficient (Wildman–Crippen LogP) is 4.62. The highest BCUT2D eigenvalue weighted by Gasteiger charge is 2.11. The summed E-state index contributed by atoms with van der Waals surface area (Å²) in [7, 11) is 0. The molecular weight excluding hydrogens is 354 g/mol. The maximum atomic E-state index is 12.1. The van der Waals surface area contributed by atoms with Gasteiger partial charge in [0.2, 0.25) is 5.91 Å². The number of hydrogen-bond donors (Lipinski definition) is 1. The number of aryl methyl sites for hydroxylation is 1. The van der Waals surface area contributed by atoms with Gasteiger partial charge < -0.3 is 14.8 Å². The second kappa shape index (κ2) is 9.82. The van der Waals surface area contributed by atoms with Crippen LogP contribution < -0.4 is 10.1 Å². The minimum Gasteiger partial charge on any atom is -0.494 e. The molecule has 0 aromatic heterocycles. The van der Waals surface area contributed by atoms with E-state index < -0.39 is 5.97 Å². The van der Waals surface area contributed by atoms with Crippen molar-refractivity contribution in [2.75, 3.05) is 18.5 Å². The topological polar surface area (TPSA) is 64.6 Å². The fraction of sp³-hybridized carbons (Fsp3) is 0.300. The lowest BCUT2D eigenvalue weighted by Crippen LogP contribution is -2.14. The van der Waals surface area contributed by atoms with Crippen molar-refractivity contribution in [1.82, 2.24) is 0 Å². The second-order valence-corrected chi connectivity index (χ2v) is 6.14. The number of halogens is 1. The zero-order valence-corrected chi connectivity index (χ0v) is 15.6. The van der Waals surface area contributed by atoms with Crippen LogP contribution in [0.5, 0.6) is 5.75 Å². The first kappa shape index (κ1) is 19.8. The van der Waals surface area contributed by atoms with Crippen LogP contribution in [-0.2, 0) is 9.53 Å². The Morgan fingerprint density at radius 1 is 1.12 bits per heavy atom. The molecule has 2 aromatic rings. The van der Waals surface area contributed by atoms with E-state index in [0.717, 1.165) is 5.56 Å². The van der Waals surface area contributed by atoms with Gasteiger partial charge in [-0.1, -0.05) is 17.7 Å². The fourth-order valence-electron chi connectivity index (χ4n) is 2.26. The molecule has 0 bridgehead atoms. The van der Waals surface area contributed by atoms with Crippen molar-refractivity contribution in [3.63, 3.8) is 0 Å². The van der Waals surface area contributed by atoms with Gasteiger partial charge in [-0.3, -0.25) is 4.79 Å². The van der Waals surface area contributed by atoms with E-state index >= 15 is 0 Å². The highest BCUT2D eigenvalue weighted by molar-refractivity contribution is 6.30. The molecule has 0 aliphatic rings. The average molecular weight is 376 g/mol. The largest absolute Gasteiger partial charge is 0.494 e. The highest BCUT2D eigenvalue weighted by Crippen LogP contribution is 2.19. The van der Waals surface area contributed by atoms with Gasteiger partial charge in [0.1, 0.15) is 5.75 Å². The summed E-state index contributed by atoms with van der Waals surface area (Å²) in [5.41, 5.74) is 1.90. The fourth-order valence-corrected chi connectivity index (χ4v) is 2.39. The van der Waals surface area contributed by atoms with Gasteiger partial charge in [0.25, 0.3) is 0 Å². The lowest BCUT2D eigenvalue weighted by molar-refractivity contribution is -0.116. The number of anilines is 1. The zero-order chi connectivity index (χ0) is 18.9. The number of amides is 1. The van der Waals surface area contributed by atoms with Gasteiger partial charge >= 0.3 is 5.97 Å². The van der Waals surface area contributed by atoms with Crippen LogP contribution in [0.2, 0.25) is 5.02 Å². The van der Waals surface area contributed by atoms with Gasteiger partial charge in [-0.15, -0.1) is 0 Å². The molecular formula is C20H22ClNO4. The van der Waals surface area contributed by atoms with Crippen LogP contribution in [0.1, 0.15) is 35.7 Å². The first-order valence-electron chi connectivity index (χ1n) is 8.45. The Balaban J connectivity index is 1.82. The highest BCUT2D eigenvalue weighted by atomic mass is 35.5. The lowest BCUT2D eigenvalue weighted by Gasteiger charge is -2.11. The molecule has 0 atom stereocenters. The molecule has 0 radical (unpaired) electrons. The maximum Gasteiger partial charge on any atom is 0.338 e. The van der Waals surface area contributed by atoms with E-state index in [2.05, 4.69) is 5.32 Å². The molecule has 1 amide bonds. The van der Waals surface area contributed by atoms with E-state index in [-0.39, 0.29) is 5.91 Å². The van der Waals surface area contributed by atoms with Gasteiger partial charge in [0.05, 0.1) is 18.8 Å². The Hall–Kier alpha value is -2.53. The van der Waals surface area contributed by atoms with E-state index in [9.17, 15) is 9.59 Å². The normalized spacial score (nSPS) is 10.3. The molecule has 1 N–H and O–H groups in total. The molecule has 0 heterocycles. The number of benzene rings is 2. The molecule has 138 valence electrons. The minimum absolute atomic E-state index is 0.131. The van der Waals surface area contributed by atoms with Crippen LogP contribution in [0.25, 0.3) is 0 Å². The summed E-state index contributed by atoms with van der Waals surface area (Å²) < 4.78 is 10.5. The number of esters is 1. The van der Waals surface area contributed by atoms with Crippen molar-refractivity contribution in [2.24, 2.45) is 0 Å². The first-order chi connectivity index (χ1) is 12.5. The lowest BCUT2D eigenvalue weighted by atomic mass is 10.1. The van der Waals surface area contributed by atoms with Gasteiger partial charge in [-0.2, -0.15) is 0 Å². The minimum atomic E-state index is -0.403. The van der Waals surface area contributed by atoms with Crippen molar-refractivity contribution in [2.45, 2.75) is 26.7 Å². The Labute approximate surface area is 158 Å². The summed E-state index contributed by atoms with van der Waals surface area (Å²) >= 11 is 5.82. The Kier molecular flexibility index (Phi) is 7.48. The Bertz CT molecular complexity index is 759. The smallest absolute Gasteiger partial charge is 0.338 e. The van der Waals surface area contributed by atoms with Crippen LogP contribution in [0, 0.1) is 6.92 Å². The first-order valence-corrected chi connectivity index (χ1v) is 8.83. The standard InChI is InChI=1S/C20H22ClNO4/c1-3-25-20(24)15-7-6-14(2)18(13-15)22-19(23)5-4-12-26-17-10-8-16(21)9-11-17/h6-11,13H,3-5,12H2,1-2H3,(H,22,23). The summed E-state index contributed by atoms with van der Waals surface area (Å²) in [6.45, 7) is 4.36.